The summed E-state index contributed by atoms with van der Waals surface area (Å²) in [5.74, 6) is 0.977. The fourth-order valence-corrected chi connectivity index (χ4v) is 3.73. The number of nitrogens with one attached hydrogen (secondary N) is 1. The predicted molar refractivity (Wildman–Crippen MR) is 104 cm³/mol. The molecule has 144 valence electrons. The quantitative estimate of drug-likeness (QED) is 0.454. The molecule has 6 heteroatoms. The van der Waals surface area contributed by atoms with Crippen molar-refractivity contribution in [2.24, 2.45) is 4.99 Å². The van der Waals surface area contributed by atoms with E-state index in [1.54, 1.807) is 0 Å². The van der Waals surface area contributed by atoms with Gasteiger partial charge >= 0.3 is 0 Å². The van der Waals surface area contributed by atoms with E-state index in [4.69, 9.17) is 14.5 Å². The summed E-state index contributed by atoms with van der Waals surface area (Å²) in [4.78, 5) is 9.64. The van der Waals surface area contributed by atoms with Crippen molar-refractivity contribution in [1.29, 1.82) is 0 Å². The third-order valence-corrected chi connectivity index (χ3v) is 4.98. The number of aliphatic imine (C=N–C) groups is 1. The zero-order valence-electron chi connectivity index (χ0n) is 16.1. The number of nitrogens with zero attached hydrogens (tertiary/aromatic N) is 3. The SMILES string of the molecule is CCNC(=NCCOCC)N1CC2OCCN(Cc3ccccc3)C2C1. The average molecular weight is 361 g/mol. The Bertz CT molecular complexity index is 566. The summed E-state index contributed by atoms with van der Waals surface area (Å²) < 4.78 is 11.5. The minimum Gasteiger partial charge on any atom is -0.380 e. The van der Waals surface area contributed by atoms with Crippen LogP contribution < -0.4 is 5.32 Å². The normalized spacial score (nSPS) is 23.9. The van der Waals surface area contributed by atoms with E-state index >= 15 is 0 Å². The maximum Gasteiger partial charge on any atom is 0.194 e. The number of ether oxygens (including phenoxy) is 2. The second kappa shape index (κ2) is 9.90. The molecule has 2 atom stereocenters. The molecule has 0 spiro atoms. The van der Waals surface area contributed by atoms with Crippen molar-refractivity contribution in [2.75, 3.05) is 52.5 Å². The molecule has 0 saturated carbocycles. The van der Waals surface area contributed by atoms with Crippen LogP contribution in [0.15, 0.2) is 35.3 Å². The van der Waals surface area contributed by atoms with Gasteiger partial charge in [-0.25, -0.2) is 0 Å². The Morgan fingerprint density at radius 3 is 2.88 bits per heavy atom. The Labute approximate surface area is 157 Å². The molecular weight excluding hydrogens is 328 g/mol. The molecule has 1 aromatic carbocycles. The number of rotatable bonds is 7. The highest BCUT2D eigenvalue weighted by molar-refractivity contribution is 5.80. The molecule has 0 aliphatic carbocycles. The molecule has 2 aliphatic rings. The Morgan fingerprint density at radius 2 is 2.12 bits per heavy atom. The van der Waals surface area contributed by atoms with Crippen molar-refractivity contribution in [1.82, 2.24) is 15.1 Å². The smallest absolute Gasteiger partial charge is 0.194 e. The van der Waals surface area contributed by atoms with Crippen molar-refractivity contribution in [3.05, 3.63) is 35.9 Å². The molecule has 2 aliphatic heterocycles. The number of hydrogen-bond donors (Lipinski definition) is 1. The van der Waals surface area contributed by atoms with Gasteiger partial charge in [0.1, 0.15) is 0 Å². The van der Waals surface area contributed by atoms with Gasteiger partial charge in [0.15, 0.2) is 5.96 Å². The first-order valence-corrected chi connectivity index (χ1v) is 9.82. The lowest BCUT2D eigenvalue weighted by Crippen LogP contribution is -2.50. The second-order valence-corrected chi connectivity index (χ2v) is 6.77. The van der Waals surface area contributed by atoms with Crippen molar-refractivity contribution in [3.63, 3.8) is 0 Å². The van der Waals surface area contributed by atoms with Crippen molar-refractivity contribution < 1.29 is 9.47 Å². The Kier molecular flexibility index (Phi) is 7.29. The Hall–Kier alpha value is -1.63. The summed E-state index contributed by atoms with van der Waals surface area (Å²) in [6.45, 7) is 11.7. The minimum atomic E-state index is 0.253. The van der Waals surface area contributed by atoms with Gasteiger partial charge in [-0.2, -0.15) is 0 Å². The zero-order chi connectivity index (χ0) is 18.2. The Balaban J connectivity index is 1.63. The van der Waals surface area contributed by atoms with Crippen LogP contribution >= 0.6 is 0 Å². The van der Waals surface area contributed by atoms with Crippen LogP contribution in [0.5, 0.6) is 0 Å². The highest BCUT2D eigenvalue weighted by Crippen LogP contribution is 2.24. The molecular formula is C20H32N4O2. The van der Waals surface area contributed by atoms with E-state index in [0.717, 1.165) is 51.9 Å². The summed E-state index contributed by atoms with van der Waals surface area (Å²) >= 11 is 0. The number of hydrogen-bond acceptors (Lipinski definition) is 4. The molecule has 26 heavy (non-hydrogen) atoms. The molecule has 2 unspecified atom stereocenters. The Morgan fingerprint density at radius 1 is 1.27 bits per heavy atom. The van der Waals surface area contributed by atoms with Crippen molar-refractivity contribution in [2.45, 2.75) is 32.5 Å². The first-order valence-electron chi connectivity index (χ1n) is 9.82. The third kappa shape index (κ3) is 4.96. The number of benzene rings is 1. The highest BCUT2D eigenvalue weighted by Gasteiger charge is 2.41. The van der Waals surface area contributed by atoms with Crippen molar-refractivity contribution in [3.8, 4) is 0 Å². The number of fused-ring (bicyclic) bond motifs is 1. The molecule has 0 bridgehead atoms. The van der Waals surface area contributed by atoms with Crippen LogP contribution in [-0.2, 0) is 16.0 Å². The van der Waals surface area contributed by atoms with E-state index in [2.05, 4.69) is 52.4 Å². The molecule has 2 fully saturated rings. The van der Waals surface area contributed by atoms with Crippen LogP contribution in [0.1, 0.15) is 19.4 Å². The summed E-state index contributed by atoms with van der Waals surface area (Å²) in [6.07, 6.45) is 0.253. The lowest BCUT2D eigenvalue weighted by molar-refractivity contribution is -0.0502. The van der Waals surface area contributed by atoms with Crippen LogP contribution in [0.3, 0.4) is 0 Å². The molecule has 1 N–H and O–H groups in total. The van der Waals surface area contributed by atoms with Gasteiger partial charge in [0.05, 0.1) is 31.9 Å². The van der Waals surface area contributed by atoms with Crippen LogP contribution in [0, 0.1) is 0 Å². The second-order valence-electron chi connectivity index (χ2n) is 6.77. The average Bonchev–Trinajstić information content (AvgIpc) is 3.10. The third-order valence-electron chi connectivity index (χ3n) is 4.98. The van der Waals surface area contributed by atoms with Gasteiger partial charge in [-0.1, -0.05) is 30.3 Å². The van der Waals surface area contributed by atoms with Gasteiger partial charge in [0.2, 0.25) is 0 Å². The fourth-order valence-electron chi connectivity index (χ4n) is 3.73. The van der Waals surface area contributed by atoms with E-state index in [0.29, 0.717) is 19.2 Å². The molecule has 0 amide bonds. The highest BCUT2D eigenvalue weighted by atomic mass is 16.5. The summed E-state index contributed by atoms with van der Waals surface area (Å²) in [5.41, 5.74) is 1.36. The van der Waals surface area contributed by atoms with E-state index in [1.807, 2.05) is 6.92 Å². The van der Waals surface area contributed by atoms with Gasteiger partial charge in [-0.05, 0) is 19.4 Å². The van der Waals surface area contributed by atoms with E-state index in [-0.39, 0.29) is 6.10 Å². The number of likely N-dealkylation sites (tertiary alicyclic amines) is 1. The predicted octanol–water partition coefficient (Wildman–Crippen LogP) is 1.57. The van der Waals surface area contributed by atoms with Gasteiger partial charge in [-0.3, -0.25) is 9.89 Å². The lowest BCUT2D eigenvalue weighted by Gasteiger charge is -2.36. The van der Waals surface area contributed by atoms with Crippen LogP contribution in [0.25, 0.3) is 0 Å². The maximum absolute atomic E-state index is 6.08. The molecule has 3 rings (SSSR count). The van der Waals surface area contributed by atoms with Crippen molar-refractivity contribution >= 4 is 5.96 Å². The van der Waals surface area contributed by atoms with Gasteiger partial charge in [0, 0.05) is 39.3 Å². The van der Waals surface area contributed by atoms with Gasteiger partial charge in [-0.15, -0.1) is 0 Å². The van der Waals surface area contributed by atoms with E-state index < -0.39 is 0 Å². The summed E-state index contributed by atoms with van der Waals surface area (Å²) in [5, 5.41) is 3.42. The molecule has 2 saturated heterocycles. The summed E-state index contributed by atoms with van der Waals surface area (Å²) in [7, 11) is 0. The number of guanidine groups is 1. The van der Waals surface area contributed by atoms with E-state index in [1.165, 1.54) is 5.56 Å². The standard InChI is InChI=1S/C20H32N4O2/c1-3-21-20(22-10-12-25-4-2)24-15-18-19(16-24)26-13-11-23(18)14-17-8-6-5-7-9-17/h5-9,18-19H,3-4,10-16H2,1-2H3,(H,21,22). The van der Waals surface area contributed by atoms with Crippen LogP contribution in [0.4, 0.5) is 0 Å². The van der Waals surface area contributed by atoms with Gasteiger partial charge in [0.25, 0.3) is 0 Å². The molecule has 6 nitrogen and oxygen atoms in total. The fraction of sp³-hybridized carbons (Fsp3) is 0.650. The van der Waals surface area contributed by atoms with E-state index in [9.17, 15) is 0 Å². The first-order chi connectivity index (χ1) is 12.8. The number of morpholine rings is 1. The largest absolute Gasteiger partial charge is 0.380 e. The molecule has 0 radical (unpaired) electrons. The zero-order valence-corrected chi connectivity index (χ0v) is 16.1. The lowest BCUT2D eigenvalue weighted by atomic mass is 10.1. The minimum absolute atomic E-state index is 0.253. The molecule has 1 aromatic rings. The van der Waals surface area contributed by atoms with Gasteiger partial charge < -0.3 is 19.7 Å². The maximum atomic E-state index is 6.08. The monoisotopic (exact) mass is 360 g/mol. The van der Waals surface area contributed by atoms with Crippen LogP contribution in [-0.4, -0.2) is 80.4 Å². The molecule has 0 aromatic heterocycles. The topological polar surface area (TPSA) is 49.3 Å². The van der Waals surface area contributed by atoms with Crippen LogP contribution in [0.2, 0.25) is 0 Å². The molecule has 2 heterocycles. The summed E-state index contributed by atoms with van der Waals surface area (Å²) in [6, 6.07) is 11.1. The first kappa shape index (κ1) is 19.1.